The van der Waals surface area contributed by atoms with Gasteiger partial charge >= 0.3 is 0 Å². The molecular weight excluding hydrogens is 146 g/mol. The molecule has 2 heteroatoms. The smallest absolute Gasteiger partial charge is 0.206 e. The molecule has 3 rings (SSSR count). The average molecular weight is 156 g/mol. The third-order valence-corrected chi connectivity index (χ3v) is 3.65. The fourth-order valence-electron chi connectivity index (χ4n) is 2.93. The van der Waals surface area contributed by atoms with Gasteiger partial charge in [-0.3, -0.25) is 0 Å². The van der Waals surface area contributed by atoms with E-state index in [-0.39, 0.29) is 12.3 Å². The summed E-state index contributed by atoms with van der Waals surface area (Å²) < 4.78 is 25.8. The molecule has 3 aliphatic carbocycles. The summed E-state index contributed by atoms with van der Waals surface area (Å²) in [7, 11) is 0. The predicted octanol–water partition coefficient (Wildman–Crippen LogP) is 2.61. The minimum absolute atomic E-state index is 0.158. The number of fused-ring (bicyclic) bond motifs is 3. The Morgan fingerprint density at radius 1 is 1.27 bits per heavy atom. The van der Waals surface area contributed by atoms with Gasteiger partial charge in [0.2, 0.25) is 0 Å². The summed E-state index contributed by atoms with van der Waals surface area (Å²) in [6, 6.07) is 0. The second-order valence-electron chi connectivity index (χ2n) is 4.23. The number of allylic oxidation sites excluding steroid dienone is 2. The van der Waals surface area contributed by atoms with Crippen molar-refractivity contribution in [1.29, 1.82) is 0 Å². The summed E-state index contributed by atoms with van der Waals surface area (Å²) >= 11 is 0. The predicted molar refractivity (Wildman–Crippen MR) is 37.4 cm³/mol. The molecule has 0 saturated heterocycles. The van der Waals surface area contributed by atoms with Crippen molar-refractivity contribution in [2.75, 3.05) is 0 Å². The van der Waals surface area contributed by atoms with Crippen LogP contribution in [0, 0.1) is 17.3 Å². The lowest BCUT2D eigenvalue weighted by Crippen LogP contribution is -2.16. The molecule has 3 aliphatic rings. The Balaban J connectivity index is 1.99. The Hall–Kier alpha value is -0.400. The van der Waals surface area contributed by atoms with Crippen LogP contribution in [0.4, 0.5) is 8.78 Å². The minimum Gasteiger partial charge on any atom is -0.206 e. The normalized spacial score (nSPS) is 55.8. The van der Waals surface area contributed by atoms with Crippen LogP contribution < -0.4 is 0 Å². The van der Waals surface area contributed by atoms with E-state index < -0.39 is 11.3 Å². The van der Waals surface area contributed by atoms with Crippen molar-refractivity contribution < 1.29 is 8.78 Å². The summed E-state index contributed by atoms with van der Waals surface area (Å²) in [5.41, 5.74) is -0.563. The molecule has 0 unspecified atom stereocenters. The van der Waals surface area contributed by atoms with Crippen molar-refractivity contribution in [2.24, 2.45) is 17.3 Å². The Kier molecular flexibility index (Phi) is 0.778. The molecule has 2 fully saturated rings. The molecule has 11 heavy (non-hydrogen) atoms. The first-order chi connectivity index (χ1) is 5.14. The molecule has 2 bridgehead atoms. The van der Waals surface area contributed by atoms with Gasteiger partial charge in [0.25, 0.3) is 5.92 Å². The Bertz CT molecular complexity index is 244. The Morgan fingerprint density at radius 3 is 2.27 bits per heavy atom. The molecule has 0 aromatic rings. The molecule has 0 aromatic carbocycles. The fourth-order valence-corrected chi connectivity index (χ4v) is 2.93. The third kappa shape index (κ3) is 0.522. The van der Waals surface area contributed by atoms with Crippen LogP contribution >= 0.6 is 0 Å². The number of rotatable bonds is 0. The van der Waals surface area contributed by atoms with Crippen LogP contribution in [0.1, 0.15) is 19.3 Å². The van der Waals surface area contributed by atoms with Crippen molar-refractivity contribution in [3.8, 4) is 0 Å². The molecule has 3 atom stereocenters. The second-order valence-corrected chi connectivity index (χ2v) is 4.23. The number of alkyl halides is 2. The zero-order valence-electron chi connectivity index (χ0n) is 6.19. The number of hydrogen-bond donors (Lipinski definition) is 0. The largest absolute Gasteiger partial charge is 0.255 e. The van der Waals surface area contributed by atoms with E-state index in [2.05, 4.69) is 6.08 Å². The van der Waals surface area contributed by atoms with Crippen LogP contribution in [0.15, 0.2) is 12.2 Å². The molecule has 0 aromatic heterocycles. The van der Waals surface area contributed by atoms with Crippen molar-refractivity contribution >= 4 is 0 Å². The van der Waals surface area contributed by atoms with Crippen molar-refractivity contribution in [1.82, 2.24) is 0 Å². The highest BCUT2D eigenvalue weighted by molar-refractivity contribution is 5.27. The second kappa shape index (κ2) is 1.39. The van der Waals surface area contributed by atoms with Crippen LogP contribution in [0.3, 0.4) is 0 Å². The standard InChI is InChI=1S/C9H10F2/c10-9(11)5-8(9)4-6-1-2-7(8)3-6/h1-2,6-7H,3-5H2/t6-,7+,8+/m1/s1. The molecule has 0 amide bonds. The zero-order valence-corrected chi connectivity index (χ0v) is 6.19. The van der Waals surface area contributed by atoms with E-state index in [1.807, 2.05) is 6.08 Å². The molecule has 0 N–H and O–H groups in total. The van der Waals surface area contributed by atoms with Gasteiger partial charge in [0, 0.05) is 11.8 Å². The van der Waals surface area contributed by atoms with E-state index in [0.29, 0.717) is 5.92 Å². The highest BCUT2D eigenvalue weighted by Gasteiger charge is 2.76. The van der Waals surface area contributed by atoms with Gasteiger partial charge in [-0.05, 0) is 24.7 Å². The van der Waals surface area contributed by atoms with Gasteiger partial charge in [0.1, 0.15) is 0 Å². The number of hydrogen-bond acceptors (Lipinski definition) is 0. The maximum Gasteiger partial charge on any atom is 0.255 e. The van der Waals surface area contributed by atoms with E-state index in [1.165, 1.54) is 0 Å². The van der Waals surface area contributed by atoms with E-state index >= 15 is 0 Å². The van der Waals surface area contributed by atoms with E-state index in [9.17, 15) is 8.78 Å². The van der Waals surface area contributed by atoms with E-state index in [4.69, 9.17) is 0 Å². The molecular formula is C9H10F2. The highest BCUT2D eigenvalue weighted by atomic mass is 19.3. The van der Waals surface area contributed by atoms with Crippen LogP contribution in [-0.4, -0.2) is 5.92 Å². The molecule has 0 nitrogen and oxygen atoms in total. The van der Waals surface area contributed by atoms with Crippen molar-refractivity contribution in [3.05, 3.63) is 12.2 Å². The Labute approximate surface area is 64.3 Å². The first kappa shape index (κ1) is 6.15. The number of halogens is 2. The topological polar surface area (TPSA) is 0 Å². The van der Waals surface area contributed by atoms with Gasteiger partial charge in [0.15, 0.2) is 0 Å². The molecule has 0 radical (unpaired) electrons. The third-order valence-electron chi connectivity index (χ3n) is 3.65. The van der Waals surface area contributed by atoms with E-state index in [0.717, 1.165) is 12.8 Å². The summed E-state index contributed by atoms with van der Waals surface area (Å²) in [4.78, 5) is 0. The van der Waals surface area contributed by atoms with Gasteiger partial charge < -0.3 is 0 Å². The van der Waals surface area contributed by atoms with Gasteiger partial charge in [0.05, 0.1) is 0 Å². The highest BCUT2D eigenvalue weighted by Crippen LogP contribution is 2.74. The summed E-state index contributed by atoms with van der Waals surface area (Å²) in [5.74, 6) is -1.63. The van der Waals surface area contributed by atoms with Gasteiger partial charge in [-0.25, -0.2) is 8.78 Å². The molecule has 60 valence electrons. The molecule has 2 saturated carbocycles. The molecule has 1 spiro atoms. The SMILES string of the molecule is FC1(F)C[C@]12C[C@@H]1C=C[C@H]2C1. The lowest BCUT2D eigenvalue weighted by molar-refractivity contribution is 0.0537. The first-order valence-electron chi connectivity index (χ1n) is 4.20. The lowest BCUT2D eigenvalue weighted by atomic mass is 9.90. The monoisotopic (exact) mass is 156 g/mol. The Morgan fingerprint density at radius 2 is 2.00 bits per heavy atom. The van der Waals surface area contributed by atoms with Crippen LogP contribution in [0.25, 0.3) is 0 Å². The van der Waals surface area contributed by atoms with Crippen LogP contribution in [0.2, 0.25) is 0 Å². The molecule has 0 aliphatic heterocycles. The quantitative estimate of drug-likeness (QED) is 0.473. The average Bonchev–Trinajstić information content (AvgIpc) is 2.37. The van der Waals surface area contributed by atoms with Crippen molar-refractivity contribution in [2.45, 2.75) is 25.2 Å². The van der Waals surface area contributed by atoms with Crippen molar-refractivity contribution in [3.63, 3.8) is 0 Å². The van der Waals surface area contributed by atoms with Gasteiger partial charge in [-0.2, -0.15) is 0 Å². The van der Waals surface area contributed by atoms with Crippen LogP contribution in [0.5, 0.6) is 0 Å². The van der Waals surface area contributed by atoms with Gasteiger partial charge in [-0.1, -0.05) is 12.2 Å². The summed E-state index contributed by atoms with van der Waals surface area (Å²) in [5, 5.41) is 0. The zero-order chi connectivity index (χ0) is 7.69. The maximum atomic E-state index is 12.9. The lowest BCUT2D eigenvalue weighted by Gasteiger charge is -2.16. The first-order valence-corrected chi connectivity index (χ1v) is 4.20. The van der Waals surface area contributed by atoms with E-state index in [1.54, 1.807) is 0 Å². The maximum absolute atomic E-state index is 12.9. The van der Waals surface area contributed by atoms with Crippen LogP contribution in [-0.2, 0) is 0 Å². The summed E-state index contributed by atoms with van der Waals surface area (Å²) in [6.07, 6.45) is 6.03. The van der Waals surface area contributed by atoms with Gasteiger partial charge in [-0.15, -0.1) is 0 Å². The minimum atomic E-state index is -2.32. The summed E-state index contributed by atoms with van der Waals surface area (Å²) in [6.45, 7) is 0. The molecule has 0 heterocycles. The fraction of sp³-hybridized carbons (Fsp3) is 0.778.